The van der Waals surface area contributed by atoms with E-state index in [9.17, 15) is 9.59 Å². The van der Waals surface area contributed by atoms with E-state index in [2.05, 4.69) is 10.1 Å². The summed E-state index contributed by atoms with van der Waals surface area (Å²) in [5.74, 6) is -3.46. The van der Waals surface area contributed by atoms with E-state index in [1.165, 1.54) is 12.3 Å². The molecule has 1 saturated carbocycles. The summed E-state index contributed by atoms with van der Waals surface area (Å²) < 4.78 is 37.8. The van der Waals surface area contributed by atoms with E-state index in [1.54, 1.807) is 60.5 Å². The van der Waals surface area contributed by atoms with Gasteiger partial charge in [0.1, 0.15) is 11.2 Å². The van der Waals surface area contributed by atoms with Crippen LogP contribution in [0.1, 0.15) is 12.8 Å². The van der Waals surface area contributed by atoms with Crippen LogP contribution in [-0.2, 0) is 16.6 Å². The maximum atomic E-state index is 15.4. The third-order valence-corrected chi connectivity index (χ3v) is 6.05. The Morgan fingerprint density at radius 2 is 1.81 bits per heavy atom. The number of nitrogens with two attached hydrogens (primary N) is 1. The van der Waals surface area contributed by atoms with Gasteiger partial charge in [-0.25, -0.2) is 8.78 Å². The molecule has 11 heteroatoms. The second kappa shape index (κ2) is 9.98. The first kappa shape index (κ1) is 25.8. The van der Waals surface area contributed by atoms with Gasteiger partial charge in [0, 0.05) is 48.9 Å². The number of primary amides is 1. The minimum Gasteiger partial charge on any atom is -0.454 e. The van der Waals surface area contributed by atoms with Gasteiger partial charge in [0.25, 0.3) is 0 Å². The monoisotopic (exact) mass is 525 g/mol. The number of aromatic nitrogens is 3. The normalized spacial score (nSPS) is 13.4. The second-order valence-corrected chi connectivity index (χ2v) is 8.54. The quantitative estimate of drug-likeness (QED) is 0.345. The number of pyridine rings is 1. The number of halogens is 3. The molecule has 5 rings (SSSR count). The Morgan fingerprint density at radius 3 is 2.43 bits per heavy atom. The van der Waals surface area contributed by atoms with Crippen molar-refractivity contribution in [3.63, 3.8) is 0 Å². The number of aryl methyl sites for hydroxylation is 1. The summed E-state index contributed by atoms with van der Waals surface area (Å²) in [4.78, 5) is 30.6. The van der Waals surface area contributed by atoms with Crippen LogP contribution in [0.15, 0.2) is 73.2 Å². The summed E-state index contributed by atoms with van der Waals surface area (Å²) in [5, 5.41) is 4.10. The SMILES string of the molecule is Cl.Cn1cc(-c2cc(Oc3cc(F)c(N(C(=O)C4(C(N)=O)CC4)c4ccccc4)cc3F)ccn2)cn1. The molecular weight excluding hydrogens is 504 g/mol. The number of benzene rings is 2. The topological polar surface area (TPSA) is 103 Å². The van der Waals surface area contributed by atoms with Gasteiger partial charge in [0.2, 0.25) is 11.8 Å². The lowest BCUT2D eigenvalue weighted by Crippen LogP contribution is -2.41. The van der Waals surface area contributed by atoms with Crippen LogP contribution < -0.4 is 15.4 Å². The Morgan fingerprint density at radius 1 is 1.08 bits per heavy atom. The molecule has 190 valence electrons. The third kappa shape index (κ3) is 4.88. The number of carbonyl (C=O) groups is 2. The average Bonchev–Trinajstić information content (AvgIpc) is 3.58. The second-order valence-electron chi connectivity index (χ2n) is 8.54. The van der Waals surface area contributed by atoms with Gasteiger partial charge in [-0.15, -0.1) is 12.4 Å². The zero-order chi connectivity index (χ0) is 25.4. The number of nitrogens with zero attached hydrogens (tertiary/aromatic N) is 4. The standard InChI is InChI=1S/C26H21F2N5O3.ClH/c1-32-15-16(14-31-32)21-11-18(7-10-30-21)36-23-13-19(27)22(12-20(23)28)33(17-5-3-2-4-6-17)25(35)26(8-9-26)24(29)34;/h2-7,10-15H,8-9H2,1H3,(H2,29,34);1H. The highest BCUT2D eigenvalue weighted by Gasteiger charge is 2.57. The minimum absolute atomic E-state index is 0. The lowest BCUT2D eigenvalue weighted by molar-refractivity contribution is -0.133. The highest BCUT2D eigenvalue weighted by atomic mass is 35.5. The van der Waals surface area contributed by atoms with Gasteiger partial charge < -0.3 is 10.5 Å². The fourth-order valence-corrected chi connectivity index (χ4v) is 3.93. The molecule has 1 aliphatic carbocycles. The molecule has 37 heavy (non-hydrogen) atoms. The predicted molar refractivity (Wildman–Crippen MR) is 135 cm³/mol. The van der Waals surface area contributed by atoms with Gasteiger partial charge in [-0.1, -0.05) is 18.2 Å². The fraction of sp³-hybridized carbons (Fsp3) is 0.154. The summed E-state index contributed by atoms with van der Waals surface area (Å²) in [6, 6.07) is 13.0. The summed E-state index contributed by atoms with van der Waals surface area (Å²) >= 11 is 0. The number of para-hydroxylation sites is 1. The highest BCUT2D eigenvalue weighted by molar-refractivity contribution is 6.16. The summed E-state index contributed by atoms with van der Waals surface area (Å²) in [6.45, 7) is 0. The van der Waals surface area contributed by atoms with Gasteiger partial charge >= 0.3 is 0 Å². The molecule has 4 aromatic rings. The predicted octanol–water partition coefficient (Wildman–Crippen LogP) is 4.90. The Bertz CT molecular complexity index is 1470. The lowest BCUT2D eigenvalue weighted by Gasteiger charge is -2.27. The largest absolute Gasteiger partial charge is 0.454 e. The number of anilines is 2. The van der Waals surface area contributed by atoms with Gasteiger partial charge in [0.15, 0.2) is 17.4 Å². The summed E-state index contributed by atoms with van der Waals surface area (Å²) in [6.07, 6.45) is 5.35. The van der Waals surface area contributed by atoms with E-state index in [0.29, 0.717) is 5.69 Å². The van der Waals surface area contributed by atoms with Crippen molar-refractivity contribution < 1.29 is 23.1 Å². The Hall–Kier alpha value is -4.31. The van der Waals surface area contributed by atoms with Crippen molar-refractivity contribution in [3.8, 4) is 22.8 Å². The van der Waals surface area contributed by atoms with Gasteiger partial charge in [0.05, 0.1) is 17.6 Å². The van der Waals surface area contributed by atoms with E-state index >= 15 is 8.78 Å². The van der Waals surface area contributed by atoms with Gasteiger partial charge in [-0.3, -0.25) is 24.2 Å². The molecule has 0 bridgehead atoms. The molecule has 2 N–H and O–H groups in total. The smallest absolute Gasteiger partial charge is 0.247 e. The number of rotatable bonds is 7. The molecule has 0 saturated heterocycles. The Kier molecular flexibility index (Phi) is 6.95. The molecule has 1 aliphatic rings. The molecule has 1 fully saturated rings. The number of ether oxygens (including phenoxy) is 1. The first-order valence-corrected chi connectivity index (χ1v) is 11.1. The molecule has 0 atom stereocenters. The van der Waals surface area contributed by atoms with Crippen molar-refractivity contribution in [1.29, 1.82) is 0 Å². The highest BCUT2D eigenvalue weighted by Crippen LogP contribution is 2.49. The lowest BCUT2D eigenvalue weighted by atomic mass is 10.0. The van der Waals surface area contributed by atoms with Crippen LogP contribution in [0.5, 0.6) is 11.5 Å². The number of amides is 2. The van der Waals surface area contributed by atoms with Crippen molar-refractivity contribution >= 4 is 35.6 Å². The van der Waals surface area contributed by atoms with E-state index in [0.717, 1.165) is 22.6 Å². The van der Waals surface area contributed by atoms with E-state index < -0.39 is 28.9 Å². The van der Waals surface area contributed by atoms with Crippen molar-refractivity contribution in [3.05, 3.63) is 84.8 Å². The summed E-state index contributed by atoms with van der Waals surface area (Å²) in [7, 11) is 1.77. The molecule has 2 amide bonds. The first-order chi connectivity index (χ1) is 17.3. The number of hydrogen-bond acceptors (Lipinski definition) is 5. The molecule has 0 aliphatic heterocycles. The number of carbonyl (C=O) groups excluding carboxylic acids is 2. The zero-order valence-corrected chi connectivity index (χ0v) is 20.4. The molecule has 0 unspecified atom stereocenters. The van der Waals surface area contributed by atoms with E-state index in [1.807, 2.05) is 0 Å². The van der Waals surface area contributed by atoms with Gasteiger partial charge in [-0.05, 0) is 31.0 Å². The Labute approximate surface area is 217 Å². The van der Waals surface area contributed by atoms with Crippen LogP contribution in [-0.4, -0.2) is 26.6 Å². The van der Waals surface area contributed by atoms with Crippen LogP contribution in [0, 0.1) is 17.0 Å². The van der Waals surface area contributed by atoms with Crippen LogP contribution in [0.4, 0.5) is 20.2 Å². The number of hydrogen-bond donors (Lipinski definition) is 1. The molecule has 2 heterocycles. The zero-order valence-electron chi connectivity index (χ0n) is 19.6. The van der Waals surface area contributed by atoms with E-state index in [-0.39, 0.29) is 48.1 Å². The maximum absolute atomic E-state index is 15.4. The van der Waals surface area contributed by atoms with Crippen LogP contribution in [0.25, 0.3) is 11.3 Å². The van der Waals surface area contributed by atoms with Crippen molar-refractivity contribution in [2.24, 2.45) is 18.2 Å². The van der Waals surface area contributed by atoms with Crippen molar-refractivity contribution in [2.45, 2.75) is 12.8 Å². The molecule has 0 radical (unpaired) electrons. The van der Waals surface area contributed by atoms with Crippen LogP contribution in [0.3, 0.4) is 0 Å². The molecule has 2 aromatic carbocycles. The van der Waals surface area contributed by atoms with Crippen molar-refractivity contribution in [1.82, 2.24) is 14.8 Å². The molecule has 8 nitrogen and oxygen atoms in total. The van der Waals surface area contributed by atoms with E-state index in [4.69, 9.17) is 10.5 Å². The maximum Gasteiger partial charge on any atom is 0.247 e. The first-order valence-electron chi connectivity index (χ1n) is 11.1. The third-order valence-electron chi connectivity index (χ3n) is 6.05. The molecule has 0 spiro atoms. The van der Waals surface area contributed by atoms with Crippen molar-refractivity contribution in [2.75, 3.05) is 4.90 Å². The minimum atomic E-state index is -1.44. The van der Waals surface area contributed by atoms with Gasteiger partial charge in [-0.2, -0.15) is 5.10 Å². The average molecular weight is 526 g/mol. The Balaban J connectivity index is 0.00000320. The molecule has 2 aromatic heterocycles. The summed E-state index contributed by atoms with van der Waals surface area (Å²) in [5.41, 5.74) is 5.23. The van der Waals surface area contributed by atoms with Crippen LogP contribution >= 0.6 is 12.4 Å². The van der Waals surface area contributed by atoms with Crippen LogP contribution in [0.2, 0.25) is 0 Å². The molecular formula is C26H22ClF2N5O3. The fourth-order valence-electron chi connectivity index (χ4n) is 3.93.